The fourth-order valence-electron chi connectivity index (χ4n) is 4.90. The number of fused-ring (bicyclic) bond motifs is 1. The van der Waals surface area contributed by atoms with E-state index in [1.807, 2.05) is 24.3 Å². The molecule has 162 valence electrons. The molecule has 4 rings (SSSR count). The third-order valence-corrected chi connectivity index (χ3v) is 6.46. The average molecular weight is 420 g/mol. The summed E-state index contributed by atoms with van der Waals surface area (Å²) in [6, 6.07) is 15.5. The molecule has 2 atom stereocenters. The second-order valence-corrected chi connectivity index (χ2v) is 8.56. The van der Waals surface area contributed by atoms with Gasteiger partial charge in [-0.15, -0.1) is 0 Å². The predicted molar refractivity (Wildman–Crippen MR) is 118 cm³/mol. The quantitative estimate of drug-likeness (QED) is 0.770. The van der Waals surface area contributed by atoms with Crippen molar-refractivity contribution in [1.29, 1.82) is 5.26 Å². The van der Waals surface area contributed by atoms with E-state index in [1.54, 1.807) is 26.2 Å². The number of hydrogen-bond donors (Lipinski definition) is 2. The summed E-state index contributed by atoms with van der Waals surface area (Å²) in [5.74, 6) is 1.87. The van der Waals surface area contributed by atoms with Gasteiger partial charge in [-0.05, 0) is 80.6 Å². The largest absolute Gasteiger partial charge is 0.497 e. The molecule has 2 aromatic rings. The Kier molecular flexibility index (Phi) is 6.15. The molecule has 0 saturated carbocycles. The van der Waals surface area contributed by atoms with Gasteiger partial charge < -0.3 is 20.1 Å². The van der Waals surface area contributed by atoms with E-state index < -0.39 is 0 Å². The smallest absolute Gasteiger partial charge is 0.217 e. The zero-order chi connectivity index (χ0) is 21.8. The molecule has 0 radical (unpaired) electrons. The summed E-state index contributed by atoms with van der Waals surface area (Å²) in [5.41, 5.74) is 2.57. The molecule has 1 fully saturated rings. The van der Waals surface area contributed by atoms with Crippen molar-refractivity contribution in [3.63, 3.8) is 0 Å². The number of nitrogens with one attached hydrogen (secondary N) is 2. The Bertz CT molecular complexity index is 974. The Hall–Kier alpha value is -3.04. The van der Waals surface area contributed by atoms with Crippen LogP contribution in [0.15, 0.2) is 42.5 Å². The first kappa shape index (κ1) is 21.2. The summed E-state index contributed by atoms with van der Waals surface area (Å²) in [6.45, 7) is 3.44. The Morgan fingerprint density at radius 2 is 2.03 bits per heavy atom. The van der Waals surface area contributed by atoms with Crippen LogP contribution in [0.5, 0.6) is 11.5 Å². The number of hydrogen-bond acceptors (Lipinski definition) is 5. The van der Waals surface area contributed by atoms with Crippen LogP contribution in [0.1, 0.15) is 61.3 Å². The van der Waals surface area contributed by atoms with Crippen LogP contribution in [-0.4, -0.2) is 31.7 Å². The lowest BCUT2D eigenvalue weighted by molar-refractivity contribution is -0.119. The maximum atomic E-state index is 12.0. The van der Waals surface area contributed by atoms with Gasteiger partial charge in [-0.1, -0.05) is 12.1 Å². The van der Waals surface area contributed by atoms with Crippen LogP contribution in [0.25, 0.3) is 0 Å². The molecule has 2 heterocycles. The lowest BCUT2D eigenvalue weighted by Gasteiger charge is -2.45. The van der Waals surface area contributed by atoms with Gasteiger partial charge in [0.1, 0.15) is 17.1 Å². The van der Waals surface area contributed by atoms with E-state index in [0.717, 1.165) is 61.4 Å². The first-order valence-electron chi connectivity index (χ1n) is 10.9. The van der Waals surface area contributed by atoms with Gasteiger partial charge >= 0.3 is 0 Å². The van der Waals surface area contributed by atoms with Crippen LogP contribution in [0.2, 0.25) is 0 Å². The number of piperidine rings is 1. The van der Waals surface area contributed by atoms with Crippen molar-refractivity contribution in [1.82, 2.24) is 10.6 Å². The van der Waals surface area contributed by atoms with Crippen molar-refractivity contribution in [3.8, 4) is 17.6 Å². The molecule has 6 nitrogen and oxygen atoms in total. The van der Waals surface area contributed by atoms with Crippen LogP contribution in [0, 0.1) is 11.3 Å². The van der Waals surface area contributed by atoms with E-state index in [-0.39, 0.29) is 23.5 Å². The highest BCUT2D eigenvalue weighted by molar-refractivity contribution is 5.73. The van der Waals surface area contributed by atoms with Gasteiger partial charge in [-0.2, -0.15) is 5.26 Å². The maximum absolute atomic E-state index is 12.0. The molecule has 0 aliphatic carbocycles. The van der Waals surface area contributed by atoms with Crippen LogP contribution in [0.4, 0.5) is 0 Å². The van der Waals surface area contributed by atoms with Crippen molar-refractivity contribution in [3.05, 3.63) is 59.2 Å². The number of ether oxygens (including phenoxy) is 2. The minimum absolute atomic E-state index is 0.0659. The van der Waals surface area contributed by atoms with Gasteiger partial charge in [0.25, 0.3) is 0 Å². The van der Waals surface area contributed by atoms with E-state index in [1.165, 1.54) is 0 Å². The molecule has 1 amide bonds. The van der Waals surface area contributed by atoms with Gasteiger partial charge in [0.15, 0.2) is 0 Å². The highest BCUT2D eigenvalue weighted by Crippen LogP contribution is 2.48. The number of nitrogens with zero attached hydrogens (tertiary/aromatic N) is 1. The lowest BCUT2D eigenvalue weighted by Crippen LogP contribution is -2.49. The monoisotopic (exact) mass is 419 g/mol. The minimum atomic E-state index is -0.178. The Balaban J connectivity index is 1.68. The molecule has 2 aliphatic heterocycles. The SMILES string of the molecule is COc1ccc2c(c1)[C@@H](CC(NC(C)=O)c1ccc(C#N)cc1)CC1(CCNCC1)O2. The molecule has 1 unspecified atom stereocenters. The highest BCUT2D eigenvalue weighted by Gasteiger charge is 2.42. The van der Waals surface area contributed by atoms with Gasteiger partial charge in [0.2, 0.25) is 5.91 Å². The first-order chi connectivity index (χ1) is 15.0. The van der Waals surface area contributed by atoms with E-state index >= 15 is 0 Å². The van der Waals surface area contributed by atoms with Crippen LogP contribution >= 0.6 is 0 Å². The second-order valence-electron chi connectivity index (χ2n) is 8.56. The molecule has 1 spiro atoms. The zero-order valence-electron chi connectivity index (χ0n) is 18.1. The molecule has 2 aliphatic rings. The minimum Gasteiger partial charge on any atom is -0.497 e. The van der Waals surface area contributed by atoms with E-state index in [9.17, 15) is 4.79 Å². The third kappa shape index (κ3) is 4.67. The molecule has 6 heteroatoms. The number of amides is 1. The van der Waals surface area contributed by atoms with Crippen LogP contribution in [-0.2, 0) is 4.79 Å². The molecule has 0 bridgehead atoms. The molecule has 2 aromatic carbocycles. The number of carbonyl (C=O) groups is 1. The van der Waals surface area contributed by atoms with Crippen molar-refractivity contribution >= 4 is 5.91 Å². The number of carbonyl (C=O) groups excluding carboxylic acids is 1. The summed E-state index contributed by atoms with van der Waals surface area (Å²) in [7, 11) is 1.67. The maximum Gasteiger partial charge on any atom is 0.217 e. The molecule has 1 saturated heterocycles. The lowest BCUT2D eigenvalue weighted by atomic mass is 9.75. The van der Waals surface area contributed by atoms with Crippen molar-refractivity contribution in [2.45, 2.75) is 50.2 Å². The standard InChI is InChI=1S/C25H29N3O3/c1-17(29)28-23(19-5-3-18(16-26)4-6-19)13-20-15-25(9-11-27-12-10-25)31-24-8-7-21(30-2)14-22(20)24/h3-8,14,20,23,27H,9-13,15H2,1-2H3,(H,28,29)/t20-,23?/m0/s1. The van der Waals surface area contributed by atoms with Crippen molar-refractivity contribution in [2.24, 2.45) is 0 Å². The van der Waals surface area contributed by atoms with Crippen LogP contribution in [0.3, 0.4) is 0 Å². The normalized spacial score (nSPS) is 20.1. The predicted octanol–water partition coefficient (Wildman–Crippen LogP) is 3.82. The van der Waals surface area contributed by atoms with Gasteiger partial charge in [-0.3, -0.25) is 4.79 Å². The molecule has 31 heavy (non-hydrogen) atoms. The van der Waals surface area contributed by atoms with Gasteiger partial charge in [0, 0.05) is 12.5 Å². The fourth-order valence-corrected chi connectivity index (χ4v) is 4.90. The zero-order valence-corrected chi connectivity index (χ0v) is 18.1. The van der Waals surface area contributed by atoms with Crippen molar-refractivity contribution in [2.75, 3.05) is 20.2 Å². The van der Waals surface area contributed by atoms with Crippen molar-refractivity contribution < 1.29 is 14.3 Å². The topological polar surface area (TPSA) is 83.4 Å². The molecule has 2 N–H and O–H groups in total. The summed E-state index contributed by atoms with van der Waals surface area (Å²) in [6.07, 6.45) is 3.60. The molecular formula is C25H29N3O3. The third-order valence-electron chi connectivity index (χ3n) is 6.46. The average Bonchev–Trinajstić information content (AvgIpc) is 2.78. The van der Waals surface area contributed by atoms with E-state index in [4.69, 9.17) is 14.7 Å². The highest BCUT2D eigenvalue weighted by atomic mass is 16.5. The molecule has 0 aromatic heterocycles. The van der Waals surface area contributed by atoms with Gasteiger partial charge in [0.05, 0.1) is 24.8 Å². The first-order valence-corrected chi connectivity index (χ1v) is 10.9. The summed E-state index contributed by atoms with van der Waals surface area (Å²) in [4.78, 5) is 12.0. The Morgan fingerprint density at radius 3 is 2.68 bits per heavy atom. The summed E-state index contributed by atoms with van der Waals surface area (Å²) < 4.78 is 12.0. The molecular weight excluding hydrogens is 390 g/mol. The second kappa shape index (κ2) is 8.99. The summed E-state index contributed by atoms with van der Waals surface area (Å²) in [5, 5.41) is 15.7. The van der Waals surface area contributed by atoms with E-state index in [2.05, 4.69) is 22.8 Å². The van der Waals surface area contributed by atoms with Gasteiger partial charge in [-0.25, -0.2) is 0 Å². The number of methoxy groups -OCH3 is 1. The summed E-state index contributed by atoms with van der Waals surface area (Å²) >= 11 is 0. The van der Waals surface area contributed by atoms with E-state index in [0.29, 0.717) is 5.56 Å². The van der Waals surface area contributed by atoms with Crippen LogP contribution < -0.4 is 20.1 Å². The Labute approximate surface area is 183 Å². The Morgan fingerprint density at radius 1 is 1.29 bits per heavy atom. The number of benzene rings is 2. The number of nitriles is 1. The fraction of sp³-hybridized carbons (Fsp3) is 0.440. The number of rotatable bonds is 5.